The number of carbonyl (C=O) groups excluding carboxylic acids is 2. The number of piperazine rings is 1. The topological polar surface area (TPSA) is 95.6 Å². The molecule has 1 saturated heterocycles. The zero-order valence-electron chi connectivity index (χ0n) is 14.2. The Kier molecular flexibility index (Phi) is 4.94. The van der Waals surface area contributed by atoms with E-state index in [9.17, 15) is 18.0 Å². The second kappa shape index (κ2) is 7.17. The lowest BCUT2D eigenvalue weighted by Crippen LogP contribution is -2.47. The van der Waals surface area contributed by atoms with Crippen LogP contribution in [-0.2, 0) is 14.8 Å². The molecule has 1 aliphatic rings. The normalized spacial score (nSPS) is 14.7. The minimum absolute atomic E-state index is 0.0636. The van der Waals surface area contributed by atoms with Crippen LogP contribution in [0.25, 0.3) is 0 Å². The maximum Gasteiger partial charge on any atom is 0.261 e. The fourth-order valence-electron chi connectivity index (χ4n) is 2.75. The van der Waals surface area contributed by atoms with Crippen LogP contribution in [0.4, 0.5) is 11.4 Å². The SMILES string of the molecule is CC(=O)c1ccc(S(=O)(=O)Nc2ccccc2N2CCNC(=O)C2)cc1. The van der Waals surface area contributed by atoms with Crippen LogP contribution >= 0.6 is 0 Å². The average Bonchev–Trinajstić information content (AvgIpc) is 2.62. The largest absolute Gasteiger partial charge is 0.359 e. The van der Waals surface area contributed by atoms with Gasteiger partial charge in [0.1, 0.15) is 0 Å². The van der Waals surface area contributed by atoms with Gasteiger partial charge in [0.2, 0.25) is 5.91 Å². The molecule has 2 N–H and O–H groups in total. The second-order valence-electron chi connectivity index (χ2n) is 5.97. The number of nitrogens with one attached hydrogen (secondary N) is 2. The predicted molar refractivity (Wildman–Crippen MR) is 98.9 cm³/mol. The first kappa shape index (κ1) is 17.9. The van der Waals surface area contributed by atoms with Crippen molar-refractivity contribution in [2.75, 3.05) is 29.3 Å². The van der Waals surface area contributed by atoms with Crippen LogP contribution in [-0.4, -0.2) is 39.7 Å². The lowest BCUT2D eigenvalue weighted by atomic mass is 10.2. The lowest BCUT2D eigenvalue weighted by Gasteiger charge is -2.30. The second-order valence-corrected chi connectivity index (χ2v) is 7.66. The molecule has 2 aromatic carbocycles. The highest BCUT2D eigenvalue weighted by Crippen LogP contribution is 2.28. The molecule has 2 aromatic rings. The molecule has 8 heteroatoms. The van der Waals surface area contributed by atoms with Crippen LogP contribution < -0.4 is 14.9 Å². The van der Waals surface area contributed by atoms with Gasteiger partial charge >= 0.3 is 0 Å². The van der Waals surface area contributed by atoms with Crippen LogP contribution in [0, 0.1) is 0 Å². The number of hydrogen-bond donors (Lipinski definition) is 2. The maximum atomic E-state index is 12.7. The van der Waals surface area contributed by atoms with Gasteiger partial charge in [-0.05, 0) is 31.2 Å². The standard InChI is InChI=1S/C18H19N3O4S/c1-13(22)14-6-8-15(9-7-14)26(24,25)20-16-4-2-3-5-17(16)21-11-10-19-18(23)12-21/h2-9,20H,10-12H2,1H3,(H,19,23). The van der Waals surface area contributed by atoms with Crippen LogP contribution in [0.1, 0.15) is 17.3 Å². The van der Waals surface area contributed by atoms with Crippen molar-refractivity contribution in [2.45, 2.75) is 11.8 Å². The Labute approximate surface area is 152 Å². The Bertz CT molecular complexity index is 939. The van der Waals surface area contributed by atoms with Gasteiger partial charge in [-0.15, -0.1) is 0 Å². The van der Waals surface area contributed by atoms with Gasteiger partial charge < -0.3 is 10.2 Å². The summed E-state index contributed by atoms with van der Waals surface area (Å²) in [6.45, 7) is 2.70. The predicted octanol–water partition coefficient (Wildman–Crippen LogP) is 1.63. The van der Waals surface area contributed by atoms with Crippen molar-refractivity contribution in [2.24, 2.45) is 0 Å². The smallest absolute Gasteiger partial charge is 0.261 e. The van der Waals surface area contributed by atoms with E-state index in [4.69, 9.17) is 0 Å². The Balaban J connectivity index is 1.88. The van der Waals surface area contributed by atoms with Crippen molar-refractivity contribution < 1.29 is 18.0 Å². The Morgan fingerprint density at radius 2 is 1.81 bits per heavy atom. The molecule has 0 bridgehead atoms. The first-order chi connectivity index (χ1) is 12.4. The zero-order valence-corrected chi connectivity index (χ0v) is 15.0. The van der Waals surface area contributed by atoms with Crippen molar-refractivity contribution in [1.82, 2.24) is 5.32 Å². The summed E-state index contributed by atoms with van der Waals surface area (Å²) in [4.78, 5) is 24.9. The van der Waals surface area contributed by atoms with Crippen LogP contribution in [0.3, 0.4) is 0 Å². The van der Waals surface area contributed by atoms with E-state index in [1.165, 1.54) is 31.2 Å². The number of anilines is 2. The summed E-state index contributed by atoms with van der Waals surface area (Å²) in [6, 6.07) is 12.7. The molecule has 7 nitrogen and oxygen atoms in total. The van der Waals surface area contributed by atoms with Crippen molar-refractivity contribution in [3.05, 3.63) is 54.1 Å². The molecule has 0 radical (unpaired) electrons. The zero-order chi connectivity index (χ0) is 18.7. The third kappa shape index (κ3) is 3.85. The summed E-state index contributed by atoms with van der Waals surface area (Å²) in [5.41, 5.74) is 1.49. The number of nitrogens with zero attached hydrogens (tertiary/aromatic N) is 1. The fourth-order valence-corrected chi connectivity index (χ4v) is 3.83. The number of hydrogen-bond acceptors (Lipinski definition) is 5. The van der Waals surface area contributed by atoms with E-state index in [1.807, 2.05) is 4.90 Å². The molecule has 1 aliphatic heterocycles. The molecule has 0 spiro atoms. The monoisotopic (exact) mass is 373 g/mol. The molecule has 1 fully saturated rings. The first-order valence-electron chi connectivity index (χ1n) is 8.11. The van der Waals surface area contributed by atoms with E-state index in [0.717, 1.165) is 0 Å². The summed E-state index contributed by atoms with van der Waals surface area (Å²) in [7, 11) is -3.82. The Hall–Kier alpha value is -2.87. The molecule has 26 heavy (non-hydrogen) atoms. The average molecular weight is 373 g/mol. The van der Waals surface area contributed by atoms with Crippen molar-refractivity contribution in [3.8, 4) is 0 Å². The summed E-state index contributed by atoms with van der Waals surface area (Å²) >= 11 is 0. The van der Waals surface area contributed by atoms with Crippen molar-refractivity contribution in [3.63, 3.8) is 0 Å². The quantitative estimate of drug-likeness (QED) is 0.777. The van der Waals surface area contributed by atoms with Gasteiger partial charge in [-0.2, -0.15) is 0 Å². The van der Waals surface area contributed by atoms with Crippen LogP contribution in [0.5, 0.6) is 0 Å². The number of benzene rings is 2. The Morgan fingerprint density at radius 1 is 1.12 bits per heavy atom. The highest BCUT2D eigenvalue weighted by atomic mass is 32.2. The van der Waals surface area contributed by atoms with E-state index < -0.39 is 10.0 Å². The highest BCUT2D eigenvalue weighted by molar-refractivity contribution is 7.92. The van der Waals surface area contributed by atoms with Crippen LogP contribution in [0.15, 0.2) is 53.4 Å². The molecule has 0 atom stereocenters. The van der Waals surface area contributed by atoms with Crippen molar-refractivity contribution in [1.29, 1.82) is 0 Å². The van der Waals surface area contributed by atoms with Gasteiger partial charge in [-0.25, -0.2) is 8.42 Å². The molecule has 0 unspecified atom stereocenters. The van der Waals surface area contributed by atoms with Crippen molar-refractivity contribution >= 4 is 33.1 Å². The summed E-state index contributed by atoms with van der Waals surface area (Å²) in [5, 5.41) is 2.74. The Morgan fingerprint density at radius 3 is 2.46 bits per heavy atom. The highest BCUT2D eigenvalue weighted by Gasteiger charge is 2.21. The van der Waals surface area contributed by atoms with E-state index in [-0.39, 0.29) is 23.1 Å². The van der Waals surface area contributed by atoms with E-state index in [0.29, 0.717) is 30.0 Å². The number of amides is 1. The van der Waals surface area contributed by atoms with Crippen LogP contribution in [0.2, 0.25) is 0 Å². The van der Waals surface area contributed by atoms with Gasteiger partial charge in [-0.1, -0.05) is 24.3 Å². The third-order valence-corrected chi connectivity index (χ3v) is 5.48. The van der Waals surface area contributed by atoms with Gasteiger partial charge in [0.15, 0.2) is 5.78 Å². The minimum Gasteiger partial charge on any atom is -0.359 e. The molecule has 0 aliphatic carbocycles. The minimum atomic E-state index is -3.82. The summed E-state index contributed by atoms with van der Waals surface area (Å²) in [6.07, 6.45) is 0. The number of rotatable bonds is 5. The van der Waals surface area contributed by atoms with Gasteiger partial charge in [0.25, 0.3) is 10.0 Å². The van der Waals surface area contributed by atoms with E-state index >= 15 is 0 Å². The van der Waals surface area contributed by atoms with E-state index in [2.05, 4.69) is 10.0 Å². The maximum absolute atomic E-state index is 12.7. The molecular weight excluding hydrogens is 354 g/mol. The number of carbonyl (C=O) groups is 2. The molecule has 1 amide bonds. The lowest BCUT2D eigenvalue weighted by molar-refractivity contribution is -0.120. The fraction of sp³-hybridized carbons (Fsp3) is 0.222. The molecule has 0 aromatic heterocycles. The van der Waals surface area contributed by atoms with Gasteiger partial charge in [0.05, 0.1) is 22.8 Å². The molecule has 0 saturated carbocycles. The third-order valence-electron chi connectivity index (χ3n) is 4.10. The molecular formula is C18H19N3O4S. The molecule has 1 heterocycles. The first-order valence-corrected chi connectivity index (χ1v) is 9.59. The number of Topliss-reactive ketones (excluding diaryl/α,β-unsaturated/α-hetero) is 1. The molecule has 3 rings (SSSR count). The van der Waals surface area contributed by atoms with Gasteiger partial charge in [0, 0.05) is 18.7 Å². The number of sulfonamides is 1. The summed E-state index contributed by atoms with van der Waals surface area (Å²) in [5.74, 6) is -0.232. The molecule has 136 valence electrons. The number of para-hydroxylation sites is 2. The van der Waals surface area contributed by atoms with Gasteiger partial charge in [-0.3, -0.25) is 14.3 Å². The van der Waals surface area contributed by atoms with E-state index in [1.54, 1.807) is 24.3 Å². The summed E-state index contributed by atoms with van der Waals surface area (Å²) < 4.78 is 28.0. The number of ketones is 1.